The zero-order chi connectivity index (χ0) is 22.9. The van der Waals surface area contributed by atoms with E-state index in [1.54, 1.807) is 11.8 Å². The average Bonchev–Trinajstić information content (AvgIpc) is 2.85. The molecule has 0 bridgehead atoms. The smallest absolute Gasteiger partial charge is 0.279 e. The third-order valence-corrected chi connectivity index (χ3v) is 6.16. The molecule has 1 aromatic heterocycles. The van der Waals surface area contributed by atoms with Gasteiger partial charge in [-0.25, -0.2) is 0 Å². The van der Waals surface area contributed by atoms with Gasteiger partial charge in [-0.15, -0.1) is 0 Å². The Morgan fingerprint density at radius 3 is 2.45 bits per heavy atom. The van der Waals surface area contributed by atoms with E-state index >= 15 is 0 Å². The van der Waals surface area contributed by atoms with E-state index in [2.05, 4.69) is 29.2 Å². The minimum atomic E-state index is -0.129. The summed E-state index contributed by atoms with van der Waals surface area (Å²) in [5, 5.41) is 6.38. The van der Waals surface area contributed by atoms with Crippen molar-refractivity contribution >= 4 is 16.5 Å². The van der Waals surface area contributed by atoms with Crippen molar-refractivity contribution in [2.24, 2.45) is 0 Å². The maximum atomic E-state index is 13.6. The van der Waals surface area contributed by atoms with Crippen LogP contribution in [0.2, 0.25) is 0 Å². The molecule has 0 unspecified atom stereocenters. The third-order valence-electron chi connectivity index (χ3n) is 6.16. The van der Waals surface area contributed by atoms with Crippen molar-refractivity contribution in [3.05, 3.63) is 82.1 Å². The maximum absolute atomic E-state index is 13.6. The van der Waals surface area contributed by atoms with Crippen molar-refractivity contribution in [1.29, 1.82) is 0 Å². The highest BCUT2D eigenvalue weighted by Crippen LogP contribution is 2.30. The van der Waals surface area contributed by atoms with Crippen molar-refractivity contribution in [1.82, 2.24) is 9.78 Å². The molecule has 0 N–H and O–H groups in total. The Balaban J connectivity index is 1.75. The number of anilines is 1. The van der Waals surface area contributed by atoms with E-state index in [9.17, 15) is 4.79 Å². The summed E-state index contributed by atoms with van der Waals surface area (Å²) in [6.07, 6.45) is 0. The van der Waals surface area contributed by atoms with Crippen LogP contribution in [0.25, 0.3) is 27.7 Å². The van der Waals surface area contributed by atoms with Gasteiger partial charge >= 0.3 is 0 Å². The van der Waals surface area contributed by atoms with E-state index in [1.165, 1.54) is 0 Å². The van der Waals surface area contributed by atoms with E-state index < -0.39 is 0 Å². The molecule has 0 saturated carbocycles. The van der Waals surface area contributed by atoms with E-state index in [0.717, 1.165) is 58.0 Å². The van der Waals surface area contributed by atoms with Crippen LogP contribution in [0.4, 0.5) is 5.69 Å². The Morgan fingerprint density at radius 2 is 1.70 bits per heavy atom. The molecule has 0 spiro atoms. The van der Waals surface area contributed by atoms with Gasteiger partial charge in [-0.05, 0) is 61.4 Å². The molecule has 1 fully saturated rings. The van der Waals surface area contributed by atoms with Crippen molar-refractivity contribution in [3.63, 3.8) is 0 Å². The molecule has 0 radical (unpaired) electrons. The largest absolute Gasteiger partial charge is 0.497 e. The first kappa shape index (κ1) is 21.2. The molecule has 1 aliphatic heterocycles. The fourth-order valence-corrected chi connectivity index (χ4v) is 4.41. The second kappa shape index (κ2) is 8.71. The number of benzene rings is 3. The lowest BCUT2D eigenvalue weighted by Crippen LogP contribution is -2.36. The zero-order valence-corrected chi connectivity index (χ0v) is 19.2. The highest BCUT2D eigenvalue weighted by Gasteiger charge is 2.18. The quantitative estimate of drug-likeness (QED) is 0.466. The monoisotopic (exact) mass is 441 g/mol. The normalized spacial score (nSPS) is 14.0. The fraction of sp³-hybridized carbons (Fsp3) is 0.259. The second-order valence-electron chi connectivity index (χ2n) is 8.42. The van der Waals surface area contributed by atoms with Crippen molar-refractivity contribution in [2.45, 2.75) is 13.8 Å². The van der Waals surface area contributed by atoms with Gasteiger partial charge in [-0.3, -0.25) is 4.79 Å². The highest BCUT2D eigenvalue weighted by atomic mass is 16.5. The summed E-state index contributed by atoms with van der Waals surface area (Å²) in [7, 11) is 1.66. The summed E-state index contributed by atoms with van der Waals surface area (Å²) in [5.41, 5.74) is 5.46. The van der Waals surface area contributed by atoms with Crippen LogP contribution >= 0.6 is 0 Å². The lowest BCUT2D eigenvalue weighted by Gasteiger charge is -2.29. The summed E-state index contributed by atoms with van der Waals surface area (Å²) in [4.78, 5) is 15.9. The van der Waals surface area contributed by atoms with Crippen molar-refractivity contribution in [3.8, 4) is 22.7 Å². The number of methoxy groups -OCH3 is 1. The summed E-state index contributed by atoms with van der Waals surface area (Å²) < 4.78 is 12.5. The highest BCUT2D eigenvalue weighted by molar-refractivity contribution is 5.94. The first-order valence-corrected chi connectivity index (χ1v) is 11.2. The Hall–Kier alpha value is -3.64. The molecule has 6 nitrogen and oxygen atoms in total. The van der Waals surface area contributed by atoms with Crippen LogP contribution in [-0.2, 0) is 4.74 Å². The Bertz CT molecular complexity index is 1390. The lowest BCUT2D eigenvalue weighted by atomic mass is 10.0. The number of nitrogens with zero attached hydrogens (tertiary/aromatic N) is 3. The van der Waals surface area contributed by atoms with E-state index in [1.807, 2.05) is 50.2 Å². The SMILES string of the molecule is COc1cc(C)cc(-c2nn(-c3cc(N4CCOCC4)ccc3C)c(=O)c3ccccc23)c1. The average molecular weight is 442 g/mol. The first-order valence-electron chi connectivity index (χ1n) is 11.2. The molecular formula is C27H27N3O3. The number of aromatic nitrogens is 2. The van der Waals surface area contributed by atoms with Gasteiger partial charge in [0.05, 0.1) is 37.1 Å². The van der Waals surface area contributed by atoms with Gasteiger partial charge in [0.2, 0.25) is 0 Å². The first-order chi connectivity index (χ1) is 16.0. The van der Waals surface area contributed by atoms with Gasteiger partial charge < -0.3 is 14.4 Å². The zero-order valence-electron chi connectivity index (χ0n) is 19.2. The fourth-order valence-electron chi connectivity index (χ4n) is 4.41. The summed E-state index contributed by atoms with van der Waals surface area (Å²) >= 11 is 0. The molecule has 3 aromatic carbocycles. The molecule has 0 atom stereocenters. The summed E-state index contributed by atoms with van der Waals surface area (Å²) in [6.45, 7) is 7.11. The molecule has 5 rings (SSSR count). The number of hydrogen-bond acceptors (Lipinski definition) is 5. The van der Waals surface area contributed by atoms with Gasteiger partial charge in [0.15, 0.2) is 0 Å². The number of rotatable bonds is 4. The predicted molar refractivity (Wildman–Crippen MR) is 132 cm³/mol. The van der Waals surface area contributed by atoms with Gasteiger partial charge in [-0.2, -0.15) is 9.78 Å². The van der Waals surface area contributed by atoms with Crippen LogP contribution in [0.15, 0.2) is 65.5 Å². The van der Waals surface area contributed by atoms with Crippen LogP contribution in [-0.4, -0.2) is 43.2 Å². The number of fused-ring (bicyclic) bond motifs is 1. The van der Waals surface area contributed by atoms with Crippen molar-refractivity contribution < 1.29 is 9.47 Å². The Morgan fingerprint density at radius 1 is 0.939 bits per heavy atom. The van der Waals surface area contributed by atoms with Crippen molar-refractivity contribution in [2.75, 3.05) is 38.3 Å². The minimum absolute atomic E-state index is 0.129. The number of morpholine rings is 1. The molecule has 0 aliphatic carbocycles. The molecule has 1 aliphatic rings. The number of ether oxygens (including phenoxy) is 2. The van der Waals surface area contributed by atoms with Crippen LogP contribution < -0.4 is 15.2 Å². The minimum Gasteiger partial charge on any atom is -0.497 e. The van der Waals surface area contributed by atoms with E-state index in [0.29, 0.717) is 18.6 Å². The summed E-state index contributed by atoms with van der Waals surface area (Å²) in [6, 6.07) is 19.9. The van der Waals surface area contributed by atoms with E-state index in [-0.39, 0.29) is 5.56 Å². The van der Waals surface area contributed by atoms with Gasteiger partial charge in [-0.1, -0.05) is 24.3 Å². The van der Waals surface area contributed by atoms with Crippen LogP contribution in [0.1, 0.15) is 11.1 Å². The van der Waals surface area contributed by atoms with Crippen LogP contribution in [0.5, 0.6) is 5.75 Å². The molecule has 6 heteroatoms. The molecule has 2 heterocycles. The van der Waals surface area contributed by atoms with Gasteiger partial charge in [0.1, 0.15) is 5.75 Å². The van der Waals surface area contributed by atoms with Gasteiger partial charge in [0, 0.05) is 29.7 Å². The van der Waals surface area contributed by atoms with Crippen LogP contribution in [0.3, 0.4) is 0 Å². The lowest BCUT2D eigenvalue weighted by molar-refractivity contribution is 0.122. The molecule has 0 amide bonds. The van der Waals surface area contributed by atoms with E-state index in [4.69, 9.17) is 14.6 Å². The topological polar surface area (TPSA) is 56.6 Å². The molecule has 33 heavy (non-hydrogen) atoms. The third kappa shape index (κ3) is 3.98. The standard InChI is InChI=1S/C27H27N3O3/c1-18-14-20(16-22(15-18)32-3)26-23-6-4-5-7-24(23)27(31)30(28-26)25-17-21(9-8-19(25)2)29-10-12-33-13-11-29/h4-9,14-17H,10-13H2,1-3H3. The number of hydrogen-bond donors (Lipinski definition) is 0. The Labute approximate surface area is 193 Å². The molecule has 1 saturated heterocycles. The number of aryl methyl sites for hydroxylation is 2. The molecular weight excluding hydrogens is 414 g/mol. The predicted octanol–water partition coefficient (Wildman–Crippen LogP) is 4.51. The molecule has 4 aromatic rings. The Kier molecular flexibility index (Phi) is 5.60. The summed E-state index contributed by atoms with van der Waals surface area (Å²) in [5.74, 6) is 0.763. The maximum Gasteiger partial charge on any atom is 0.279 e. The van der Waals surface area contributed by atoms with Crippen LogP contribution in [0, 0.1) is 13.8 Å². The van der Waals surface area contributed by atoms with Gasteiger partial charge in [0.25, 0.3) is 5.56 Å². The molecule has 168 valence electrons. The second-order valence-corrected chi connectivity index (χ2v) is 8.42.